The summed E-state index contributed by atoms with van der Waals surface area (Å²) in [5.74, 6) is 5.66. The Balaban J connectivity index is 1.74. The van der Waals surface area contributed by atoms with E-state index in [0.29, 0.717) is 16.6 Å². The van der Waals surface area contributed by atoms with E-state index in [1.807, 2.05) is 0 Å². The van der Waals surface area contributed by atoms with Crippen LogP contribution in [0.5, 0.6) is 0 Å². The molecule has 0 radical (unpaired) electrons. The van der Waals surface area contributed by atoms with Gasteiger partial charge in [0.2, 0.25) is 0 Å². The van der Waals surface area contributed by atoms with Crippen molar-refractivity contribution in [3.8, 4) is 11.8 Å². The monoisotopic (exact) mass is 543 g/mol. The molecule has 1 fully saturated rings. The van der Waals surface area contributed by atoms with Gasteiger partial charge in [0.15, 0.2) is 0 Å². The van der Waals surface area contributed by atoms with E-state index < -0.39 is 48.5 Å². The number of rotatable bonds is 8. The van der Waals surface area contributed by atoms with Crippen LogP contribution in [0.3, 0.4) is 0 Å². The molecule has 1 aliphatic rings. The summed E-state index contributed by atoms with van der Waals surface area (Å²) in [5.41, 5.74) is 12.1. The highest BCUT2D eigenvalue weighted by molar-refractivity contribution is 7.66. The molecule has 3 heterocycles. The first kappa shape index (κ1) is 26.9. The molecule has 1 aliphatic heterocycles. The number of fused-ring (bicyclic) bond motifs is 1. The van der Waals surface area contributed by atoms with Gasteiger partial charge in [-0.3, -0.25) is 4.52 Å². The fourth-order valence-electron chi connectivity index (χ4n) is 3.08. The van der Waals surface area contributed by atoms with Crippen LogP contribution in [-0.4, -0.2) is 64.6 Å². The predicted molar refractivity (Wildman–Crippen MR) is 112 cm³/mol. The summed E-state index contributed by atoms with van der Waals surface area (Å²) < 4.78 is 52.9. The van der Waals surface area contributed by atoms with Crippen molar-refractivity contribution in [2.45, 2.75) is 24.9 Å². The van der Waals surface area contributed by atoms with E-state index in [1.165, 1.54) is 10.9 Å². The first-order valence-corrected chi connectivity index (χ1v) is 13.7. The number of phosphoric ester groups is 1. The molecule has 0 bridgehead atoms. The Morgan fingerprint density at radius 3 is 2.53 bits per heavy atom. The molecule has 0 spiro atoms. The van der Waals surface area contributed by atoms with Crippen molar-refractivity contribution < 1.29 is 56.3 Å². The summed E-state index contributed by atoms with van der Waals surface area (Å²) in [6.45, 7) is -0.723. The van der Waals surface area contributed by atoms with Gasteiger partial charge in [0, 0.05) is 12.6 Å². The zero-order valence-corrected chi connectivity index (χ0v) is 19.6. The molecule has 0 aliphatic carbocycles. The van der Waals surface area contributed by atoms with Crippen molar-refractivity contribution in [2.24, 2.45) is 5.73 Å². The Labute approximate surface area is 191 Å². The Kier molecular flexibility index (Phi) is 7.98. The highest BCUT2D eigenvalue weighted by Crippen LogP contribution is 2.66. The summed E-state index contributed by atoms with van der Waals surface area (Å²) in [4.78, 5) is 43.9. The van der Waals surface area contributed by atoms with Gasteiger partial charge in [0.1, 0.15) is 30.1 Å². The van der Waals surface area contributed by atoms with Crippen molar-refractivity contribution in [3.63, 3.8) is 0 Å². The summed E-state index contributed by atoms with van der Waals surface area (Å²) in [7, 11) is -16.6. The molecular formula is C14H20N5O12P3. The van der Waals surface area contributed by atoms with Gasteiger partial charge in [0.05, 0.1) is 30.2 Å². The SMILES string of the molecule is NCC#Cc1cn([C@H]2CC(O)[C@@H](COP(=O)(O)OP(=O)(O)OP(=O)(O)O)O2)c2ncnc(N)c12. The first-order chi connectivity index (χ1) is 15.7. The van der Waals surface area contributed by atoms with Crippen LogP contribution in [0.2, 0.25) is 0 Å². The minimum Gasteiger partial charge on any atom is -0.390 e. The highest BCUT2D eigenvalue weighted by atomic mass is 31.3. The van der Waals surface area contributed by atoms with E-state index in [0.717, 1.165) is 0 Å². The Hall–Kier alpha value is -1.73. The molecule has 188 valence electrons. The quantitative estimate of drug-likeness (QED) is 0.160. The number of nitrogen functional groups attached to an aromatic ring is 1. The molecule has 1 saturated heterocycles. The second-order valence-electron chi connectivity index (χ2n) is 6.73. The van der Waals surface area contributed by atoms with Gasteiger partial charge in [-0.05, 0) is 0 Å². The van der Waals surface area contributed by atoms with Crippen LogP contribution in [0.4, 0.5) is 5.82 Å². The topological polar surface area (TPSA) is 272 Å². The highest BCUT2D eigenvalue weighted by Gasteiger charge is 2.43. The number of nitrogens with zero attached hydrogens (tertiary/aromatic N) is 3. The lowest BCUT2D eigenvalue weighted by molar-refractivity contribution is -0.0421. The third kappa shape index (κ3) is 6.69. The second kappa shape index (κ2) is 10.1. The van der Waals surface area contributed by atoms with E-state index in [2.05, 4.69) is 35.0 Å². The van der Waals surface area contributed by atoms with Gasteiger partial charge >= 0.3 is 23.5 Å². The number of ether oxygens (including phenoxy) is 1. The van der Waals surface area contributed by atoms with Gasteiger partial charge < -0.3 is 45.5 Å². The van der Waals surface area contributed by atoms with Gasteiger partial charge in [-0.15, -0.1) is 0 Å². The number of aliphatic hydroxyl groups excluding tert-OH is 1. The van der Waals surface area contributed by atoms with E-state index in [4.69, 9.17) is 26.0 Å². The summed E-state index contributed by atoms with van der Waals surface area (Å²) in [6.07, 6.45) is -0.554. The third-order valence-corrected chi connectivity index (χ3v) is 8.10. The maximum atomic E-state index is 11.9. The van der Waals surface area contributed by atoms with Crippen LogP contribution in [0.25, 0.3) is 11.0 Å². The van der Waals surface area contributed by atoms with Gasteiger partial charge in [-0.25, -0.2) is 23.7 Å². The van der Waals surface area contributed by atoms with E-state index in [9.17, 15) is 28.6 Å². The largest absolute Gasteiger partial charge is 0.490 e. The van der Waals surface area contributed by atoms with Crippen LogP contribution in [0.1, 0.15) is 18.2 Å². The molecule has 2 aromatic heterocycles. The standard InChI is InChI=1S/C14H20N5O12P3/c15-3-1-2-8-5-19(14-12(8)13(16)17-7-18-14)11-4-9(20)10(29-11)6-28-33(24,25)31-34(26,27)30-32(21,22)23/h5,7,9-11,20H,3-4,6,15H2,(H,24,25)(H,26,27)(H2,16,17,18)(H2,21,22,23)/t9?,10-,11-/m1/s1. The average molecular weight is 543 g/mol. The second-order valence-corrected chi connectivity index (χ2v) is 11.2. The van der Waals surface area contributed by atoms with Crippen molar-refractivity contribution in [2.75, 3.05) is 18.9 Å². The van der Waals surface area contributed by atoms with E-state index in [-0.39, 0.29) is 18.8 Å². The van der Waals surface area contributed by atoms with Crippen LogP contribution >= 0.6 is 23.5 Å². The summed E-state index contributed by atoms with van der Waals surface area (Å²) in [5, 5.41) is 10.7. The number of hydrogen-bond acceptors (Lipinski definition) is 12. The molecular weight excluding hydrogens is 523 g/mol. The number of hydrogen-bond donors (Lipinski definition) is 7. The Bertz CT molecular complexity index is 1270. The molecule has 3 rings (SSSR count). The summed E-state index contributed by atoms with van der Waals surface area (Å²) in [6, 6.07) is 0. The smallest absolute Gasteiger partial charge is 0.390 e. The minimum atomic E-state index is -5.67. The lowest BCUT2D eigenvalue weighted by atomic mass is 10.2. The molecule has 5 atom stereocenters. The number of aliphatic hydroxyl groups is 1. The van der Waals surface area contributed by atoms with Crippen LogP contribution in [-0.2, 0) is 31.6 Å². The summed E-state index contributed by atoms with van der Waals surface area (Å²) >= 11 is 0. The zero-order valence-electron chi connectivity index (χ0n) is 16.9. The molecule has 17 nitrogen and oxygen atoms in total. The number of anilines is 1. The molecule has 3 unspecified atom stereocenters. The number of nitrogens with two attached hydrogens (primary N) is 2. The lowest BCUT2D eigenvalue weighted by Crippen LogP contribution is -2.26. The van der Waals surface area contributed by atoms with Crippen molar-refractivity contribution >= 4 is 40.3 Å². The average Bonchev–Trinajstić information content (AvgIpc) is 3.23. The fourth-order valence-corrected chi connectivity index (χ4v) is 6.11. The molecule has 9 N–H and O–H groups in total. The minimum absolute atomic E-state index is 0.0259. The van der Waals surface area contributed by atoms with Gasteiger partial charge in [-0.1, -0.05) is 11.8 Å². The van der Waals surface area contributed by atoms with Crippen LogP contribution in [0, 0.1) is 11.8 Å². The first-order valence-electron chi connectivity index (χ1n) is 9.13. The van der Waals surface area contributed by atoms with Crippen LogP contribution in [0.15, 0.2) is 12.5 Å². The van der Waals surface area contributed by atoms with Gasteiger partial charge in [0.25, 0.3) is 0 Å². The predicted octanol–water partition coefficient (Wildman–Crippen LogP) is -0.685. The maximum absolute atomic E-state index is 11.9. The number of aromatic nitrogens is 3. The van der Waals surface area contributed by atoms with Crippen LogP contribution < -0.4 is 11.5 Å². The Morgan fingerprint density at radius 2 is 1.88 bits per heavy atom. The van der Waals surface area contributed by atoms with Gasteiger partial charge in [-0.2, -0.15) is 8.62 Å². The lowest BCUT2D eigenvalue weighted by Gasteiger charge is -2.19. The molecule has 0 amide bonds. The zero-order chi connectivity index (χ0) is 25.3. The third-order valence-electron chi connectivity index (χ3n) is 4.30. The molecule has 34 heavy (non-hydrogen) atoms. The molecule has 0 saturated carbocycles. The van der Waals surface area contributed by atoms with E-state index in [1.54, 1.807) is 6.20 Å². The Morgan fingerprint density at radius 1 is 1.18 bits per heavy atom. The molecule has 0 aromatic carbocycles. The number of phosphoric acid groups is 3. The van der Waals surface area contributed by atoms with Crippen molar-refractivity contribution in [1.82, 2.24) is 14.5 Å². The van der Waals surface area contributed by atoms with E-state index >= 15 is 0 Å². The normalized spacial score (nSPS) is 24.4. The fraction of sp³-hybridized carbons (Fsp3) is 0.429. The molecule has 20 heteroatoms. The van der Waals surface area contributed by atoms with Crippen molar-refractivity contribution in [1.29, 1.82) is 0 Å². The molecule has 2 aromatic rings. The van der Waals surface area contributed by atoms with Crippen molar-refractivity contribution in [3.05, 3.63) is 18.1 Å². The maximum Gasteiger partial charge on any atom is 0.490 e.